The van der Waals surface area contributed by atoms with Crippen molar-refractivity contribution in [3.05, 3.63) is 57.9 Å². The average molecular weight is 481 g/mol. The second-order valence-electron chi connectivity index (χ2n) is 9.72. The number of piperazine rings is 1. The van der Waals surface area contributed by atoms with E-state index in [-0.39, 0.29) is 21.1 Å². The minimum Gasteiger partial charge on any atom is -0.368 e. The van der Waals surface area contributed by atoms with E-state index in [0.29, 0.717) is 16.5 Å². The van der Waals surface area contributed by atoms with Crippen LogP contribution in [0.3, 0.4) is 0 Å². The van der Waals surface area contributed by atoms with Crippen LogP contribution in [-0.4, -0.2) is 65.4 Å². The molecule has 3 heterocycles. The minimum atomic E-state index is -3.99. The molecule has 34 heavy (non-hydrogen) atoms. The molecule has 0 spiro atoms. The smallest absolute Gasteiger partial charge is 0.281 e. The number of likely N-dealkylation sites (N-methyl/N-ethyl adjacent to an activating group) is 1. The molecule has 0 amide bonds. The third-order valence-corrected chi connectivity index (χ3v) is 8.69. The van der Waals surface area contributed by atoms with Gasteiger partial charge in [0.25, 0.3) is 5.56 Å². The highest BCUT2D eigenvalue weighted by atomic mass is 32.2. The van der Waals surface area contributed by atoms with Gasteiger partial charge in [0.05, 0.1) is 15.8 Å². The number of anilines is 1. The highest BCUT2D eigenvalue weighted by Gasteiger charge is 2.32. The summed E-state index contributed by atoms with van der Waals surface area (Å²) in [5.74, 6) is 0. The Morgan fingerprint density at radius 1 is 1.06 bits per heavy atom. The summed E-state index contributed by atoms with van der Waals surface area (Å²) in [4.78, 5) is 21.7. The van der Waals surface area contributed by atoms with Crippen LogP contribution in [0.15, 0.2) is 51.1 Å². The first-order chi connectivity index (χ1) is 16.0. The molecule has 1 N–H and O–H groups in total. The zero-order valence-electron chi connectivity index (χ0n) is 20.0. The molecule has 0 bridgehead atoms. The maximum absolute atomic E-state index is 13.5. The molecule has 0 saturated carbocycles. The molecule has 0 aliphatic carbocycles. The van der Waals surface area contributed by atoms with Gasteiger partial charge in [-0.2, -0.15) is 4.98 Å². The van der Waals surface area contributed by atoms with Gasteiger partial charge in [-0.25, -0.2) is 18.1 Å². The first-order valence-electron chi connectivity index (χ1n) is 11.2. The van der Waals surface area contributed by atoms with Crippen molar-refractivity contribution in [3.8, 4) is 0 Å². The Morgan fingerprint density at radius 2 is 1.82 bits per heavy atom. The Labute approximate surface area is 197 Å². The lowest BCUT2D eigenvalue weighted by Crippen LogP contribution is -2.57. The molecular formula is C24H28N6O3S. The van der Waals surface area contributed by atoms with E-state index in [0.717, 1.165) is 30.9 Å². The van der Waals surface area contributed by atoms with Gasteiger partial charge >= 0.3 is 0 Å². The average Bonchev–Trinajstić information content (AvgIpc) is 3.20. The van der Waals surface area contributed by atoms with Gasteiger partial charge in [-0.05, 0) is 64.6 Å². The number of rotatable bonds is 3. The van der Waals surface area contributed by atoms with Gasteiger partial charge < -0.3 is 4.90 Å². The molecule has 1 aliphatic rings. The van der Waals surface area contributed by atoms with Crippen LogP contribution in [0.4, 0.5) is 5.69 Å². The van der Waals surface area contributed by atoms with Crippen LogP contribution < -0.4 is 10.5 Å². The van der Waals surface area contributed by atoms with Gasteiger partial charge in [0.2, 0.25) is 14.9 Å². The summed E-state index contributed by atoms with van der Waals surface area (Å²) in [5.41, 5.74) is 2.58. The first kappa shape index (κ1) is 22.5. The number of fused-ring (bicyclic) bond motifs is 3. The summed E-state index contributed by atoms with van der Waals surface area (Å²) >= 11 is 0. The van der Waals surface area contributed by atoms with Crippen molar-refractivity contribution in [1.82, 2.24) is 24.7 Å². The molecular weight excluding hydrogens is 452 g/mol. The Hall–Kier alpha value is -3.24. The summed E-state index contributed by atoms with van der Waals surface area (Å²) in [7, 11) is -1.87. The molecule has 10 heteroatoms. The lowest BCUT2D eigenvalue weighted by atomic mass is 9.99. The Morgan fingerprint density at radius 3 is 2.53 bits per heavy atom. The maximum atomic E-state index is 13.5. The standard InChI is InChI=1S/C24H28N6O3S/c1-15-6-9-20(16(2)12-15)34(32,33)23-21-25-22(31)18-8-7-17(13-19(18)30(21)27-26-23)29-11-10-28(5)24(3,4)14-29/h6-9,12-13,27H,10-11,14H2,1-5H3. The summed E-state index contributed by atoms with van der Waals surface area (Å²) in [6.45, 7) is 10.6. The maximum Gasteiger partial charge on any atom is 0.281 e. The lowest BCUT2D eigenvalue weighted by molar-refractivity contribution is 0.139. The third-order valence-electron chi connectivity index (χ3n) is 6.87. The number of nitrogens with one attached hydrogen (secondary N) is 1. The summed E-state index contributed by atoms with van der Waals surface area (Å²) < 4.78 is 28.4. The second-order valence-corrected chi connectivity index (χ2v) is 11.6. The first-order valence-corrected chi connectivity index (χ1v) is 12.7. The zero-order valence-corrected chi connectivity index (χ0v) is 20.8. The number of aromatic nitrogens is 4. The summed E-state index contributed by atoms with van der Waals surface area (Å²) in [5, 5.41) is 7.02. The molecule has 5 rings (SSSR count). The fourth-order valence-electron chi connectivity index (χ4n) is 4.64. The van der Waals surface area contributed by atoms with E-state index >= 15 is 0 Å². The number of H-pyrrole nitrogens is 1. The molecule has 178 valence electrons. The van der Waals surface area contributed by atoms with Gasteiger partial charge in [0.15, 0.2) is 5.65 Å². The van der Waals surface area contributed by atoms with Crippen molar-refractivity contribution < 1.29 is 8.42 Å². The van der Waals surface area contributed by atoms with Crippen molar-refractivity contribution in [2.75, 3.05) is 31.6 Å². The predicted octanol–water partition coefficient (Wildman–Crippen LogP) is 2.55. The predicted molar refractivity (Wildman–Crippen MR) is 131 cm³/mol. The van der Waals surface area contributed by atoms with Gasteiger partial charge in [-0.15, -0.1) is 5.10 Å². The van der Waals surface area contributed by atoms with Crippen molar-refractivity contribution in [1.29, 1.82) is 0 Å². The SMILES string of the molecule is Cc1ccc(S(=O)(=O)c2n[nH]n3c2nc(=O)c2ccc(N4CCN(C)C(C)(C)C4)cc23)c(C)c1. The van der Waals surface area contributed by atoms with Crippen LogP contribution >= 0.6 is 0 Å². The van der Waals surface area contributed by atoms with Crippen LogP contribution in [0.2, 0.25) is 0 Å². The molecule has 9 nitrogen and oxygen atoms in total. The molecule has 1 aliphatic heterocycles. The zero-order chi connectivity index (χ0) is 24.4. The van der Waals surface area contributed by atoms with E-state index < -0.39 is 15.4 Å². The van der Waals surface area contributed by atoms with E-state index in [4.69, 9.17) is 0 Å². The quantitative estimate of drug-likeness (QED) is 0.481. The highest BCUT2D eigenvalue weighted by Crippen LogP contribution is 2.29. The van der Waals surface area contributed by atoms with Crippen LogP contribution in [0.1, 0.15) is 25.0 Å². The number of benzene rings is 2. The lowest BCUT2D eigenvalue weighted by Gasteiger charge is -2.46. The van der Waals surface area contributed by atoms with Crippen LogP contribution in [0, 0.1) is 13.8 Å². The van der Waals surface area contributed by atoms with Crippen molar-refractivity contribution in [2.24, 2.45) is 0 Å². The number of hydrogen-bond acceptors (Lipinski definition) is 7. The van der Waals surface area contributed by atoms with E-state index in [2.05, 4.69) is 46.0 Å². The fraction of sp³-hybridized carbons (Fsp3) is 0.375. The van der Waals surface area contributed by atoms with Crippen molar-refractivity contribution >= 4 is 32.1 Å². The highest BCUT2D eigenvalue weighted by molar-refractivity contribution is 7.91. The molecule has 4 aromatic rings. The van der Waals surface area contributed by atoms with E-state index in [1.807, 2.05) is 19.1 Å². The van der Waals surface area contributed by atoms with E-state index in [1.165, 1.54) is 4.52 Å². The molecule has 0 radical (unpaired) electrons. The number of aromatic amines is 1. The molecule has 0 unspecified atom stereocenters. The molecule has 2 aromatic heterocycles. The molecule has 1 saturated heterocycles. The molecule has 0 atom stereocenters. The number of aryl methyl sites for hydroxylation is 2. The number of sulfone groups is 1. The fourth-order valence-corrected chi connectivity index (χ4v) is 6.12. The summed E-state index contributed by atoms with van der Waals surface area (Å²) in [6.07, 6.45) is 0. The Kier molecular flexibility index (Phi) is 5.07. The Balaban J connectivity index is 1.67. The number of hydrogen-bond donors (Lipinski definition) is 1. The van der Waals surface area contributed by atoms with Crippen LogP contribution in [-0.2, 0) is 9.84 Å². The largest absolute Gasteiger partial charge is 0.368 e. The normalized spacial score (nSPS) is 17.0. The van der Waals surface area contributed by atoms with E-state index in [9.17, 15) is 13.2 Å². The van der Waals surface area contributed by atoms with E-state index in [1.54, 1.807) is 31.2 Å². The van der Waals surface area contributed by atoms with Crippen molar-refractivity contribution in [2.45, 2.75) is 43.2 Å². The Bertz CT molecular complexity index is 1600. The van der Waals surface area contributed by atoms with Crippen LogP contribution in [0.25, 0.3) is 16.6 Å². The summed E-state index contributed by atoms with van der Waals surface area (Å²) in [6, 6.07) is 10.7. The molecule has 2 aromatic carbocycles. The van der Waals surface area contributed by atoms with Crippen LogP contribution in [0.5, 0.6) is 0 Å². The topological polar surface area (TPSA) is 104 Å². The van der Waals surface area contributed by atoms with Crippen molar-refractivity contribution in [3.63, 3.8) is 0 Å². The second kappa shape index (κ2) is 7.64. The van der Waals surface area contributed by atoms with Gasteiger partial charge in [0, 0.05) is 30.9 Å². The molecule has 1 fully saturated rings. The third kappa shape index (κ3) is 3.48. The van der Waals surface area contributed by atoms with Gasteiger partial charge in [-0.3, -0.25) is 9.69 Å². The number of nitrogens with zero attached hydrogens (tertiary/aromatic N) is 5. The van der Waals surface area contributed by atoms with Gasteiger partial charge in [0.1, 0.15) is 0 Å². The minimum absolute atomic E-state index is 0.00125. The monoisotopic (exact) mass is 480 g/mol. The van der Waals surface area contributed by atoms with Gasteiger partial charge in [-0.1, -0.05) is 17.7 Å².